The van der Waals surface area contributed by atoms with Crippen LogP contribution in [0, 0.1) is 25.5 Å². The van der Waals surface area contributed by atoms with Crippen LogP contribution in [0.25, 0.3) is 22.3 Å². The Balaban J connectivity index is 1.20. The van der Waals surface area contributed by atoms with Gasteiger partial charge in [-0.15, -0.1) is 0 Å². The van der Waals surface area contributed by atoms with E-state index in [4.69, 9.17) is 0 Å². The number of allylic oxidation sites excluding steroid dienone is 4. The van der Waals surface area contributed by atoms with E-state index >= 15 is 8.78 Å². The van der Waals surface area contributed by atoms with Crippen molar-refractivity contribution in [3.05, 3.63) is 141 Å². The normalized spacial score (nSPS) is 15.5. The van der Waals surface area contributed by atoms with Crippen molar-refractivity contribution in [2.24, 2.45) is 0 Å². The van der Waals surface area contributed by atoms with E-state index in [0.29, 0.717) is 0 Å². The van der Waals surface area contributed by atoms with Crippen LogP contribution in [0.5, 0.6) is 0 Å². The molecule has 4 aromatic rings. The largest absolute Gasteiger partial charge is 0.228 e. The molecule has 0 aromatic heterocycles. The maximum atomic E-state index is 15.3. The van der Waals surface area contributed by atoms with Crippen LogP contribution in [0.15, 0.2) is 84.9 Å². The molecule has 2 aliphatic rings. The van der Waals surface area contributed by atoms with Crippen molar-refractivity contribution in [1.29, 1.82) is 0 Å². The number of benzene rings is 4. The summed E-state index contributed by atoms with van der Waals surface area (Å²) in [5.41, 5.74) is 11.1. The molecule has 220 valence electrons. The summed E-state index contributed by atoms with van der Waals surface area (Å²) in [6.45, 7) is 4.12. The van der Waals surface area contributed by atoms with Gasteiger partial charge in [-0.3, -0.25) is 0 Å². The smallest absolute Gasteiger partial charge is 0.158 e. The molecule has 0 spiro atoms. The Hall–Kier alpha value is -3.83. The molecule has 2 nitrogen and oxygen atoms in total. The first-order chi connectivity index (χ1) is 20.7. The average Bonchev–Trinajstić information content (AvgIpc) is 3.66. The molecule has 0 heterocycles. The molecule has 43 heavy (non-hydrogen) atoms. The van der Waals surface area contributed by atoms with Crippen LogP contribution in [0.4, 0.5) is 8.78 Å². The standard InChI is InChI=1S/C38H36F2O2S/c1-25-7-3-9-27(19-25)33-11-5-13-35(33)29-15-17-31(37(39)21-29)23-43(41,42)24-32-18-16-30(22-38(32)40)36-14-6-12-34(36)28-10-4-8-26(2)20-28/h3-4,7-10,15-22H,5-6,11-14,23-24H2,1-2H3. The first kappa shape index (κ1) is 29.3. The van der Waals surface area contributed by atoms with Crippen LogP contribution in [-0.4, -0.2) is 8.42 Å². The first-order valence-corrected chi connectivity index (χ1v) is 16.9. The molecule has 0 N–H and O–H groups in total. The van der Waals surface area contributed by atoms with Crippen LogP contribution in [0.1, 0.15) is 83.0 Å². The zero-order chi connectivity index (χ0) is 30.1. The van der Waals surface area contributed by atoms with Gasteiger partial charge in [0, 0.05) is 11.1 Å². The molecule has 0 amide bonds. The fraction of sp³-hybridized carbons (Fsp3) is 0.263. The Kier molecular flexibility index (Phi) is 8.19. The summed E-state index contributed by atoms with van der Waals surface area (Å²) >= 11 is 0. The van der Waals surface area contributed by atoms with Crippen molar-refractivity contribution in [3.63, 3.8) is 0 Å². The summed E-state index contributed by atoms with van der Waals surface area (Å²) in [7, 11) is -3.82. The van der Waals surface area contributed by atoms with Crippen molar-refractivity contribution in [2.75, 3.05) is 0 Å². The van der Waals surface area contributed by atoms with Crippen LogP contribution >= 0.6 is 0 Å². The number of sulfone groups is 1. The maximum Gasteiger partial charge on any atom is 0.158 e. The molecule has 0 unspecified atom stereocenters. The highest BCUT2D eigenvalue weighted by atomic mass is 32.2. The minimum absolute atomic E-state index is 0.107. The van der Waals surface area contributed by atoms with Gasteiger partial charge in [-0.2, -0.15) is 0 Å². The fourth-order valence-electron chi connectivity index (χ4n) is 6.66. The topological polar surface area (TPSA) is 34.1 Å². The van der Waals surface area contributed by atoms with Gasteiger partial charge in [-0.25, -0.2) is 17.2 Å². The Morgan fingerprint density at radius 3 is 1.26 bits per heavy atom. The third-order valence-corrected chi connectivity index (χ3v) is 10.2. The van der Waals surface area contributed by atoms with E-state index in [9.17, 15) is 8.42 Å². The maximum absolute atomic E-state index is 15.3. The monoisotopic (exact) mass is 594 g/mol. The summed E-state index contributed by atoms with van der Waals surface area (Å²) < 4.78 is 56.9. The van der Waals surface area contributed by atoms with E-state index in [2.05, 4.69) is 50.2 Å². The molecule has 0 saturated carbocycles. The zero-order valence-electron chi connectivity index (χ0n) is 24.7. The number of aryl methyl sites for hydroxylation is 2. The van der Waals surface area contributed by atoms with E-state index in [1.165, 1.54) is 34.4 Å². The second-order valence-electron chi connectivity index (χ2n) is 12.0. The minimum atomic E-state index is -3.82. The molecule has 0 bridgehead atoms. The van der Waals surface area contributed by atoms with Crippen molar-refractivity contribution in [2.45, 2.75) is 63.9 Å². The highest BCUT2D eigenvalue weighted by Gasteiger charge is 2.23. The first-order valence-electron chi connectivity index (χ1n) is 15.0. The molecular weight excluding hydrogens is 558 g/mol. The molecule has 0 atom stereocenters. The van der Waals surface area contributed by atoms with Gasteiger partial charge in [0.2, 0.25) is 0 Å². The van der Waals surface area contributed by atoms with Gasteiger partial charge in [-0.1, -0.05) is 83.9 Å². The predicted molar refractivity (Wildman–Crippen MR) is 173 cm³/mol. The van der Waals surface area contributed by atoms with Crippen molar-refractivity contribution in [1.82, 2.24) is 0 Å². The minimum Gasteiger partial charge on any atom is -0.228 e. The van der Waals surface area contributed by atoms with Gasteiger partial charge in [0.1, 0.15) is 11.6 Å². The molecule has 4 aromatic carbocycles. The summed E-state index contributed by atoms with van der Waals surface area (Å²) in [5, 5.41) is 0. The average molecular weight is 595 g/mol. The second kappa shape index (κ2) is 12.0. The fourth-order valence-corrected chi connectivity index (χ4v) is 8.17. The lowest BCUT2D eigenvalue weighted by Crippen LogP contribution is -2.10. The number of hydrogen-bond acceptors (Lipinski definition) is 2. The molecule has 5 heteroatoms. The molecule has 0 aliphatic heterocycles. The van der Waals surface area contributed by atoms with Crippen LogP contribution in [0.2, 0.25) is 0 Å². The predicted octanol–water partition coefficient (Wildman–Crippen LogP) is 9.89. The third-order valence-electron chi connectivity index (χ3n) is 8.72. The van der Waals surface area contributed by atoms with Gasteiger partial charge in [0.05, 0.1) is 11.5 Å². The second-order valence-corrected chi connectivity index (χ2v) is 14.1. The Labute approximate surface area is 253 Å². The Morgan fingerprint density at radius 2 is 0.907 bits per heavy atom. The van der Waals surface area contributed by atoms with E-state index < -0.39 is 33.0 Å². The summed E-state index contributed by atoms with van der Waals surface area (Å²) in [4.78, 5) is 0. The van der Waals surface area contributed by atoms with E-state index in [1.807, 2.05) is 24.3 Å². The van der Waals surface area contributed by atoms with E-state index in [-0.39, 0.29) is 11.1 Å². The third kappa shape index (κ3) is 6.42. The lowest BCUT2D eigenvalue weighted by Gasteiger charge is -2.13. The lowest BCUT2D eigenvalue weighted by molar-refractivity contribution is 0.580. The number of hydrogen-bond donors (Lipinski definition) is 0. The Bertz CT molecular complexity index is 1750. The summed E-state index contributed by atoms with van der Waals surface area (Å²) in [6, 6.07) is 26.4. The Morgan fingerprint density at radius 1 is 0.535 bits per heavy atom. The SMILES string of the molecule is Cc1cccc(C2=C(c3ccc(CS(=O)(=O)Cc4ccc(C5=C(c6cccc(C)c6)CCC5)cc4F)c(F)c3)CCC2)c1. The highest BCUT2D eigenvalue weighted by Crippen LogP contribution is 2.41. The van der Waals surface area contributed by atoms with E-state index in [1.54, 1.807) is 12.1 Å². The van der Waals surface area contributed by atoms with Gasteiger partial charge in [0.25, 0.3) is 0 Å². The van der Waals surface area contributed by atoms with E-state index in [0.717, 1.165) is 71.9 Å². The van der Waals surface area contributed by atoms with Crippen molar-refractivity contribution >= 4 is 32.1 Å². The lowest BCUT2D eigenvalue weighted by atomic mass is 9.95. The summed E-state index contributed by atoms with van der Waals surface area (Å²) in [5.74, 6) is -2.05. The van der Waals surface area contributed by atoms with Gasteiger partial charge in [0.15, 0.2) is 9.84 Å². The highest BCUT2D eigenvalue weighted by molar-refractivity contribution is 7.89. The summed E-state index contributed by atoms with van der Waals surface area (Å²) in [6.07, 6.45) is 5.60. The van der Waals surface area contributed by atoms with Crippen LogP contribution < -0.4 is 0 Å². The molecule has 0 radical (unpaired) electrons. The number of halogens is 2. The van der Waals surface area contributed by atoms with Gasteiger partial charge < -0.3 is 0 Å². The molecule has 2 aliphatic carbocycles. The van der Waals surface area contributed by atoms with Crippen molar-refractivity contribution in [3.8, 4) is 0 Å². The molecule has 0 fully saturated rings. The number of rotatable bonds is 8. The van der Waals surface area contributed by atoms with Crippen molar-refractivity contribution < 1.29 is 17.2 Å². The van der Waals surface area contributed by atoms with Gasteiger partial charge in [-0.05, 0) is 109 Å². The van der Waals surface area contributed by atoms with Crippen LogP contribution in [-0.2, 0) is 21.3 Å². The van der Waals surface area contributed by atoms with Crippen LogP contribution in [0.3, 0.4) is 0 Å². The quantitative estimate of drug-likeness (QED) is 0.203. The molecule has 6 rings (SSSR count). The molecule has 0 saturated heterocycles. The molecular formula is C38H36F2O2S. The van der Waals surface area contributed by atoms with Gasteiger partial charge >= 0.3 is 0 Å². The zero-order valence-corrected chi connectivity index (χ0v) is 25.5.